The van der Waals surface area contributed by atoms with Crippen LogP contribution in [0, 0.1) is 6.92 Å². The molecule has 0 aliphatic carbocycles. The van der Waals surface area contributed by atoms with Crippen LogP contribution in [-0.2, 0) is 4.74 Å². The van der Waals surface area contributed by atoms with Crippen LogP contribution in [0.5, 0.6) is 11.5 Å². The van der Waals surface area contributed by atoms with Crippen LogP contribution in [0.2, 0.25) is 0 Å². The van der Waals surface area contributed by atoms with Gasteiger partial charge in [0.15, 0.2) is 0 Å². The summed E-state index contributed by atoms with van der Waals surface area (Å²) in [4.78, 5) is 11.2. The Morgan fingerprint density at radius 1 is 1.19 bits per heavy atom. The van der Waals surface area contributed by atoms with Gasteiger partial charge in [0.25, 0.3) is 0 Å². The zero-order valence-corrected chi connectivity index (χ0v) is 15.9. The van der Waals surface area contributed by atoms with Gasteiger partial charge in [-0.05, 0) is 6.92 Å². The van der Waals surface area contributed by atoms with E-state index in [0.29, 0.717) is 6.61 Å². The van der Waals surface area contributed by atoms with E-state index in [9.17, 15) is 0 Å². The van der Waals surface area contributed by atoms with E-state index < -0.39 is 0 Å². The summed E-state index contributed by atoms with van der Waals surface area (Å²) in [6, 6.07) is 3.98. The molecular formula is C20H28N4O3. The van der Waals surface area contributed by atoms with Gasteiger partial charge in [0.1, 0.15) is 30.5 Å². The molecule has 0 radical (unpaired) electrons. The minimum Gasteiger partial charge on any atom is -0.492 e. The van der Waals surface area contributed by atoms with Gasteiger partial charge in [0.05, 0.1) is 29.8 Å². The van der Waals surface area contributed by atoms with Gasteiger partial charge in [-0.3, -0.25) is 4.90 Å². The molecule has 7 heteroatoms. The fourth-order valence-electron chi connectivity index (χ4n) is 3.66. The Morgan fingerprint density at radius 2 is 2.00 bits per heavy atom. The first kappa shape index (κ1) is 18.4. The van der Waals surface area contributed by atoms with E-state index in [1.807, 2.05) is 19.1 Å². The summed E-state index contributed by atoms with van der Waals surface area (Å²) < 4.78 is 17.8. The maximum absolute atomic E-state index is 6.33. The predicted octanol–water partition coefficient (Wildman–Crippen LogP) is 1.78. The number of nitrogens with one attached hydrogen (secondary N) is 1. The van der Waals surface area contributed by atoms with E-state index in [-0.39, 0.29) is 6.10 Å². The highest BCUT2D eigenvalue weighted by Gasteiger charge is 2.19. The molecule has 2 aliphatic heterocycles. The number of benzene rings is 1. The number of hydrogen-bond acceptors (Lipinski definition) is 7. The van der Waals surface area contributed by atoms with Crippen molar-refractivity contribution < 1.29 is 14.2 Å². The Hall–Kier alpha value is -1.96. The molecule has 2 fully saturated rings. The van der Waals surface area contributed by atoms with Crippen LogP contribution < -0.4 is 14.8 Å². The Morgan fingerprint density at radius 3 is 2.81 bits per heavy atom. The van der Waals surface area contributed by atoms with E-state index >= 15 is 0 Å². The van der Waals surface area contributed by atoms with Crippen LogP contribution in [0.25, 0.3) is 10.9 Å². The average Bonchev–Trinajstić information content (AvgIpc) is 2.69. The number of hydrogen-bond donors (Lipinski definition) is 1. The fraction of sp³-hybridized carbons (Fsp3) is 0.600. The summed E-state index contributed by atoms with van der Waals surface area (Å²) in [7, 11) is 0. The molecule has 0 bridgehead atoms. The van der Waals surface area contributed by atoms with E-state index in [1.165, 1.54) is 0 Å². The summed E-state index contributed by atoms with van der Waals surface area (Å²) in [5.74, 6) is 1.62. The lowest BCUT2D eigenvalue weighted by molar-refractivity contribution is 0.0261. The molecular weight excluding hydrogens is 344 g/mol. The second kappa shape index (κ2) is 8.82. The summed E-state index contributed by atoms with van der Waals surface area (Å²) >= 11 is 0. The second-order valence-electron chi connectivity index (χ2n) is 7.14. The third kappa shape index (κ3) is 4.66. The van der Waals surface area contributed by atoms with E-state index in [0.717, 1.165) is 86.9 Å². The van der Waals surface area contributed by atoms with Gasteiger partial charge in [-0.2, -0.15) is 0 Å². The average molecular weight is 372 g/mol. The van der Waals surface area contributed by atoms with Gasteiger partial charge in [0, 0.05) is 57.7 Å². The summed E-state index contributed by atoms with van der Waals surface area (Å²) in [6.07, 6.45) is 3.57. The van der Waals surface area contributed by atoms with Gasteiger partial charge < -0.3 is 19.5 Å². The molecule has 1 aromatic heterocycles. The summed E-state index contributed by atoms with van der Waals surface area (Å²) in [5.41, 5.74) is 1.79. The van der Waals surface area contributed by atoms with Gasteiger partial charge in [-0.15, -0.1) is 0 Å². The highest BCUT2D eigenvalue weighted by Crippen LogP contribution is 2.33. The highest BCUT2D eigenvalue weighted by atomic mass is 16.5. The molecule has 0 unspecified atom stereocenters. The molecule has 1 aromatic carbocycles. The topological polar surface area (TPSA) is 68.7 Å². The van der Waals surface area contributed by atoms with E-state index in [1.54, 1.807) is 6.33 Å². The minimum atomic E-state index is 0.164. The molecule has 0 saturated carbocycles. The Bertz CT molecular complexity index is 758. The van der Waals surface area contributed by atoms with Crippen molar-refractivity contribution >= 4 is 10.9 Å². The number of fused-ring (bicyclic) bond motifs is 1. The lowest BCUT2D eigenvalue weighted by Gasteiger charge is -2.27. The van der Waals surface area contributed by atoms with Crippen molar-refractivity contribution in [2.45, 2.75) is 25.9 Å². The SMILES string of the molecule is Cc1ncnc2cc(OCCN3CCNCC3)cc(OC3CCOCC3)c12. The van der Waals surface area contributed by atoms with Crippen LogP contribution in [0.15, 0.2) is 18.5 Å². The van der Waals surface area contributed by atoms with Gasteiger partial charge in [-0.25, -0.2) is 9.97 Å². The quantitative estimate of drug-likeness (QED) is 0.829. The molecule has 4 rings (SSSR count). The highest BCUT2D eigenvalue weighted by molar-refractivity contribution is 5.88. The first-order valence-corrected chi connectivity index (χ1v) is 9.85. The zero-order chi connectivity index (χ0) is 18.5. The lowest BCUT2D eigenvalue weighted by Crippen LogP contribution is -2.44. The molecule has 1 N–H and O–H groups in total. The number of aryl methyl sites for hydroxylation is 1. The predicted molar refractivity (Wildman–Crippen MR) is 104 cm³/mol. The Kier molecular flexibility index (Phi) is 6.01. The summed E-state index contributed by atoms with van der Waals surface area (Å²) in [6.45, 7) is 9.33. The van der Waals surface area contributed by atoms with Crippen molar-refractivity contribution in [1.82, 2.24) is 20.2 Å². The molecule has 3 heterocycles. The molecule has 2 aliphatic rings. The van der Waals surface area contributed by atoms with Crippen LogP contribution in [0.3, 0.4) is 0 Å². The largest absolute Gasteiger partial charge is 0.492 e. The van der Waals surface area contributed by atoms with Crippen LogP contribution in [0.4, 0.5) is 0 Å². The van der Waals surface area contributed by atoms with Crippen molar-refractivity contribution in [3.8, 4) is 11.5 Å². The molecule has 7 nitrogen and oxygen atoms in total. The van der Waals surface area contributed by atoms with E-state index in [4.69, 9.17) is 14.2 Å². The molecule has 2 saturated heterocycles. The number of ether oxygens (including phenoxy) is 3. The molecule has 27 heavy (non-hydrogen) atoms. The van der Waals surface area contributed by atoms with Crippen molar-refractivity contribution in [2.24, 2.45) is 0 Å². The maximum Gasteiger partial charge on any atom is 0.134 e. The van der Waals surface area contributed by atoms with Gasteiger partial charge >= 0.3 is 0 Å². The van der Waals surface area contributed by atoms with Crippen molar-refractivity contribution in [1.29, 1.82) is 0 Å². The monoisotopic (exact) mass is 372 g/mol. The molecule has 2 aromatic rings. The zero-order valence-electron chi connectivity index (χ0n) is 15.9. The normalized spacial score (nSPS) is 19.3. The molecule has 0 spiro atoms. The molecule has 0 atom stereocenters. The second-order valence-corrected chi connectivity index (χ2v) is 7.14. The number of piperazine rings is 1. The summed E-state index contributed by atoms with van der Waals surface area (Å²) in [5, 5.41) is 4.34. The number of aromatic nitrogens is 2. The first-order chi connectivity index (χ1) is 13.3. The van der Waals surface area contributed by atoms with Gasteiger partial charge in [-0.1, -0.05) is 0 Å². The lowest BCUT2D eigenvalue weighted by atomic mass is 10.1. The Balaban J connectivity index is 1.50. The number of nitrogens with zero attached hydrogens (tertiary/aromatic N) is 3. The first-order valence-electron chi connectivity index (χ1n) is 9.85. The molecule has 146 valence electrons. The van der Waals surface area contributed by atoms with E-state index in [2.05, 4.69) is 20.2 Å². The van der Waals surface area contributed by atoms with Crippen molar-refractivity contribution in [3.63, 3.8) is 0 Å². The number of rotatable bonds is 6. The van der Waals surface area contributed by atoms with Crippen molar-refractivity contribution in [3.05, 3.63) is 24.2 Å². The maximum atomic E-state index is 6.33. The van der Waals surface area contributed by atoms with Gasteiger partial charge in [0.2, 0.25) is 0 Å². The fourth-order valence-corrected chi connectivity index (χ4v) is 3.66. The Labute approximate surface area is 160 Å². The van der Waals surface area contributed by atoms with Crippen LogP contribution >= 0.6 is 0 Å². The van der Waals surface area contributed by atoms with Crippen molar-refractivity contribution in [2.75, 3.05) is 52.5 Å². The van der Waals surface area contributed by atoms with Crippen LogP contribution in [-0.4, -0.2) is 73.5 Å². The smallest absolute Gasteiger partial charge is 0.134 e. The minimum absolute atomic E-state index is 0.164. The standard InChI is InChI=1S/C20H28N4O3/c1-15-20-18(23-14-22-15)12-17(26-11-8-24-6-4-21-5-7-24)13-19(20)27-16-2-9-25-10-3-16/h12-14,16,21H,2-11H2,1H3. The molecule has 0 amide bonds. The third-order valence-corrected chi connectivity index (χ3v) is 5.21. The van der Waals surface area contributed by atoms with Crippen LogP contribution in [0.1, 0.15) is 18.5 Å². The third-order valence-electron chi connectivity index (χ3n) is 5.21.